The van der Waals surface area contributed by atoms with Crippen molar-refractivity contribution in [2.45, 2.75) is 0 Å². The third-order valence-electron chi connectivity index (χ3n) is 0. The fourth-order valence-electron chi connectivity index (χ4n) is 0. The van der Waals surface area contributed by atoms with Gasteiger partial charge in [0.2, 0.25) is 0 Å². The molecule has 0 fully saturated rings. The molecule has 0 unspecified atom stereocenters. The molecule has 0 rings (SSSR count). The van der Waals surface area contributed by atoms with Crippen LogP contribution in [0, 0.1) is 0 Å². The molecule has 0 saturated heterocycles. The topological polar surface area (TPSA) is 223 Å². The van der Waals surface area contributed by atoms with Gasteiger partial charge in [0.05, 0.1) is 0 Å². The first-order chi connectivity index (χ1) is 6.00. The summed E-state index contributed by atoms with van der Waals surface area (Å²) >= 11 is -16.9. The van der Waals surface area contributed by atoms with Crippen LogP contribution in [0.15, 0.2) is 0 Å². The Morgan fingerprint density at radius 1 is 0.471 bits per heavy atom. The standard InChI is InChI=1S/K.3Mn.12O.S/q+1;;;;;;;;;;;;;3*-1;+2. The predicted molar refractivity (Wildman–Crippen MR) is 13.5 cm³/mol. The number of hydrogen-bond donors (Lipinski definition) is 0. The molecule has 12 nitrogen and oxygen atoms in total. The Kier molecular flexibility index (Phi) is 23.2. The third kappa shape index (κ3) is 1630. The van der Waals surface area contributed by atoms with E-state index in [1.165, 1.54) is 0 Å². The Balaban J connectivity index is -0.0000000400. The SMILES string of the molecule is [K+].[O]=[Mn](=[O])(=[O])[O-].[O]=[Mn](=[O])(=[O])[O-].[O]=[Mn](=[O])(=[O])[O-].[S+2]. The van der Waals surface area contributed by atoms with Crippen molar-refractivity contribution in [3.8, 4) is 0 Å². The van der Waals surface area contributed by atoms with Crippen LogP contribution in [0.25, 0.3) is 0 Å². The molecule has 0 heterocycles. The molecule has 17 heavy (non-hydrogen) atoms. The molecule has 17 heteroatoms. The van der Waals surface area contributed by atoms with E-state index in [0.717, 1.165) is 0 Å². The molecule has 0 bridgehead atoms. The van der Waals surface area contributed by atoms with Crippen LogP contribution in [0.4, 0.5) is 0 Å². The third-order valence-corrected chi connectivity index (χ3v) is 0. The maximum Gasteiger partial charge on any atom is 2.00 e. The molecule has 4 radical (unpaired) electrons. The normalized spacial score (nSPS) is 10.1. The maximum absolute atomic E-state index is 8.58. The van der Waals surface area contributed by atoms with Crippen molar-refractivity contribution in [1.29, 1.82) is 0 Å². The molecule has 0 saturated carbocycles. The molecule has 0 aromatic rings. The van der Waals surface area contributed by atoms with Crippen molar-refractivity contribution < 1.29 is 137 Å². The van der Waals surface area contributed by atoms with Crippen molar-refractivity contribution in [1.82, 2.24) is 0 Å². The van der Waals surface area contributed by atoms with Gasteiger partial charge in [-0.15, -0.1) is 0 Å². The quantitative estimate of drug-likeness (QED) is 0.328. The summed E-state index contributed by atoms with van der Waals surface area (Å²) in [5.41, 5.74) is 0. The van der Waals surface area contributed by atoms with E-state index in [2.05, 4.69) is 0 Å². The van der Waals surface area contributed by atoms with Crippen molar-refractivity contribution in [3.05, 3.63) is 0 Å². The van der Waals surface area contributed by atoms with Gasteiger partial charge >= 0.3 is 151 Å². The van der Waals surface area contributed by atoms with Crippen LogP contribution in [0.5, 0.6) is 0 Å². The smallest absolute Gasteiger partial charge is 2.00 e. The van der Waals surface area contributed by atoms with E-state index in [1.54, 1.807) is 0 Å². The van der Waals surface area contributed by atoms with Gasteiger partial charge in [-0.25, -0.2) is 0 Å². The van der Waals surface area contributed by atoms with Crippen LogP contribution in [0.1, 0.15) is 0 Å². The number of rotatable bonds is 0. The number of hydrogen-bond acceptors (Lipinski definition) is 12. The van der Waals surface area contributed by atoms with E-state index in [9.17, 15) is 0 Å². The van der Waals surface area contributed by atoms with Crippen LogP contribution in [0.3, 0.4) is 0 Å². The largest absolute Gasteiger partial charge is 2.00 e. The first-order valence-corrected chi connectivity index (χ1v) is 7.63. The Hall–Kier alpha value is 1.62. The monoisotopic (exact) mass is 428 g/mol. The molecule has 0 aromatic carbocycles. The second-order valence-electron chi connectivity index (χ2n) is 1.13. The van der Waals surface area contributed by atoms with Crippen LogP contribution in [0.2, 0.25) is 0 Å². The van der Waals surface area contributed by atoms with Gasteiger partial charge < -0.3 is 0 Å². The summed E-state index contributed by atoms with van der Waals surface area (Å²) in [6.07, 6.45) is 0. The van der Waals surface area contributed by atoms with E-state index in [0.29, 0.717) is 0 Å². The van der Waals surface area contributed by atoms with Crippen LogP contribution >= 0.6 is 0 Å². The molecule has 0 N–H and O–H groups in total. The fourth-order valence-corrected chi connectivity index (χ4v) is 0. The van der Waals surface area contributed by atoms with Gasteiger partial charge in [0.15, 0.2) is 0 Å². The zero-order chi connectivity index (χ0) is 13.5. The summed E-state index contributed by atoms with van der Waals surface area (Å²) in [4.78, 5) is 0. The van der Waals surface area contributed by atoms with Crippen molar-refractivity contribution in [3.63, 3.8) is 0 Å². The molecule has 0 aromatic heterocycles. The van der Waals surface area contributed by atoms with E-state index < -0.39 is 38.9 Å². The van der Waals surface area contributed by atoms with Gasteiger partial charge in [-0.2, -0.15) is 0 Å². The Morgan fingerprint density at radius 2 is 0.471 bits per heavy atom. The zero-order valence-corrected chi connectivity index (χ0v) is 14.9. The van der Waals surface area contributed by atoms with Crippen LogP contribution < -0.4 is 64.0 Å². The molecule has 0 aliphatic carbocycles. The Bertz CT molecular complexity index is 485. The summed E-state index contributed by atoms with van der Waals surface area (Å²) in [5, 5.41) is 0. The summed E-state index contributed by atoms with van der Waals surface area (Å²) in [5.74, 6) is 0. The predicted octanol–water partition coefficient (Wildman–Crippen LogP) is -7.64. The molecule has 0 atom stereocenters. The van der Waals surface area contributed by atoms with E-state index >= 15 is 0 Å². The minimum Gasteiger partial charge on any atom is 2.00 e. The van der Waals surface area contributed by atoms with Gasteiger partial charge in [-0.05, 0) is 0 Å². The minimum atomic E-state index is -5.62. The maximum atomic E-state index is 8.58. The van der Waals surface area contributed by atoms with Gasteiger partial charge in [-0.3, -0.25) is 0 Å². The summed E-state index contributed by atoms with van der Waals surface area (Å²) < 4.78 is 103. The van der Waals surface area contributed by atoms with E-state index in [4.69, 9.17) is 47.1 Å². The Labute approximate surface area is 148 Å². The van der Waals surface area contributed by atoms with Gasteiger partial charge in [0, 0.05) is 0 Å². The van der Waals surface area contributed by atoms with E-state index in [-0.39, 0.29) is 64.9 Å². The fraction of sp³-hybridized carbons (Fsp3) is 0. The second kappa shape index (κ2) is 12.6. The zero-order valence-electron chi connectivity index (χ0n) is 7.44. The van der Waals surface area contributed by atoms with Crippen molar-refractivity contribution in [2.24, 2.45) is 0 Å². The first-order valence-electron chi connectivity index (χ1n) is 1.85. The van der Waals surface area contributed by atoms with Gasteiger partial charge in [0.1, 0.15) is 0 Å². The van der Waals surface area contributed by atoms with E-state index in [1.807, 2.05) is 0 Å². The molecular weight excluding hydrogens is 428 g/mol. The molecule has 0 aliphatic rings. The summed E-state index contributed by atoms with van der Waals surface area (Å²) in [7, 11) is 0. The Morgan fingerprint density at radius 3 is 0.471 bits per heavy atom. The summed E-state index contributed by atoms with van der Waals surface area (Å²) in [6, 6.07) is 0. The second-order valence-corrected chi connectivity index (χ2v) is 4.68. The van der Waals surface area contributed by atoms with Crippen LogP contribution in [-0.2, 0) is 86.9 Å². The molecule has 0 amide bonds. The first kappa shape index (κ1) is 31.2. The van der Waals surface area contributed by atoms with Crippen LogP contribution in [-0.4, -0.2) is 0 Å². The van der Waals surface area contributed by atoms with Crippen molar-refractivity contribution in [2.75, 3.05) is 0 Å². The van der Waals surface area contributed by atoms with Gasteiger partial charge in [-0.1, -0.05) is 0 Å². The minimum absolute atomic E-state index is 0. The average molecular weight is 428 g/mol. The van der Waals surface area contributed by atoms with Gasteiger partial charge in [0.25, 0.3) is 0 Å². The summed E-state index contributed by atoms with van der Waals surface area (Å²) in [6.45, 7) is 0. The molecule has 0 aliphatic heterocycles. The molecule has 100 valence electrons. The van der Waals surface area contributed by atoms with Crippen molar-refractivity contribution >= 4 is 13.5 Å². The average Bonchev–Trinajstić information content (AvgIpc) is 1.41. The molecular formula is KMn3O12S. The molecule has 0 spiro atoms.